The van der Waals surface area contributed by atoms with Crippen molar-refractivity contribution in [2.75, 3.05) is 18.5 Å². The van der Waals surface area contributed by atoms with Gasteiger partial charge in [-0.3, -0.25) is 9.59 Å². The Morgan fingerprint density at radius 3 is 2.48 bits per heavy atom. The van der Waals surface area contributed by atoms with E-state index in [1.165, 1.54) is 11.1 Å². The highest BCUT2D eigenvalue weighted by Crippen LogP contribution is 2.41. The molecule has 1 aliphatic heterocycles. The SMILES string of the molecule is Cc1ccc(C2c3cc(OCC(=O)Nc4ccccc4)ccc3CCN2C(=O)C2CC2)cc1. The molecule has 5 rings (SSSR count). The number of para-hydroxylation sites is 1. The fraction of sp³-hybridized carbons (Fsp3) is 0.286. The Bertz CT molecular complexity index is 1150. The second-order valence-corrected chi connectivity index (χ2v) is 8.93. The number of rotatable bonds is 6. The first-order valence-electron chi connectivity index (χ1n) is 11.6. The van der Waals surface area contributed by atoms with Crippen LogP contribution < -0.4 is 10.1 Å². The van der Waals surface area contributed by atoms with Gasteiger partial charge < -0.3 is 15.0 Å². The van der Waals surface area contributed by atoms with E-state index in [0.717, 1.165) is 42.6 Å². The summed E-state index contributed by atoms with van der Waals surface area (Å²) >= 11 is 0. The molecule has 3 aromatic rings. The number of nitrogens with zero attached hydrogens (tertiary/aromatic N) is 1. The molecular weight excluding hydrogens is 412 g/mol. The van der Waals surface area contributed by atoms with Crippen molar-refractivity contribution in [3.8, 4) is 5.75 Å². The van der Waals surface area contributed by atoms with Crippen LogP contribution in [-0.2, 0) is 16.0 Å². The van der Waals surface area contributed by atoms with Gasteiger partial charge in [0.15, 0.2) is 6.61 Å². The van der Waals surface area contributed by atoms with Gasteiger partial charge in [-0.1, -0.05) is 54.1 Å². The largest absolute Gasteiger partial charge is 0.484 e. The summed E-state index contributed by atoms with van der Waals surface area (Å²) < 4.78 is 5.85. The van der Waals surface area contributed by atoms with E-state index in [4.69, 9.17) is 4.74 Å². The number of aryl methyl sites for hydroxylation is 1. The molecule has 0 spiro atoms. The van der Waals surface area contributed by atoms with Crippen molar-refractivity contribution in [2.24, 2.45) is 5.92 Å². The zero-order valence-electron chi connectivity index (χ0n) is 18.8. The van der Waals surface area contributed by atoms with Gasteiger partial charge in [0.05, 0.1) is 6.04 Å². The van der Waals surface area contributed by atoms with Crippen LogP contribution in [0.4, 0.5) is 5.69 Å². The smallest absolute Gasteiger partial charge is 0.262 e. The maximum atomic E-state index is 13.1. The van der Waals surface area contributed by atoms with Crippen molar-refractivity contribution in [3.63, 3.8) is 0 Å². The molecule has 2 aliphatic rings. The lowest BCUT2D eigenvalue weighted by atomic mass is 9.87. The topological polar surface area (TPSA) is 58.6 Å². The average Bonchev–Trinajstić information content (AvgIpc) is 3.68. The number of benzene rings is 3. The lowest BCUT2D eigenvalue weighted by Crippen LogP contribution is -2.41. The molecule has 1 fully saturated rings. The van der Waals surface area contributed by atoms with Gasteiger partial charge in [-0.2, -0.15) is 0 Å². The van der Waals surface area contributed by atoms with E-state index in [1.807, 2.05) is 47.4 Å². The van der Waals surface area contributed by atoms with Gasteiger partial charge >= 0.3 is 0 Å². The number of fused-ring (bicyclic) bond motifs is 1. The summed E-state index contributed by atoms with van der Waals surface area (Å²) in [7, 11) is 0. The van der Waals surface area contributed by atoms with Gasteiger partial charge in [0.2, 0.25) is 5.91 Å². The first-order valence-corrected chi connectivity index (χ1v) is 11.6. The molecular formula is C28H28N2O3. The minimum atomic E-state index is -0.209. The van der Waals surface area contributed by atoms with E-state index in [1.54, 1.807) is 0 Å². The molecule has 5 nitrogen and oxygen atoms in total. The minimum Gasteiger partial charge on any atom is -0.484 e. The summed E-state index contributed by atoms with van der Waals surface area (Å²) in [6, 6.07) is 23.6. The lowest BCUT2D eigenvalue weighted by molar-refractivity contribution is -0.134. The molecule has 1 saturated carbocycles. The van der Waals surface area contributed by atoms with Crippen molar-refractivity contribution < 1.29 is 14.3 Å². The van der Waals surface area contributed by atoms with Crippen molar-refractivity contribution in [3.05, 3.63) is 95.1 Å². The second kappa shape index (κ2) is 9.10. The first-order chi connectivity index (χ1) is 16.1. The van der Waals surface area contributed by atoms with Gasteiger partial charge in [0, 0.05) is 18.2 Å². The Labute approximate surface area is 194 Å². The Balaban J connectivity index is 1.38. The van der Waals surface area contributed by atoms with E-state index < -0.39 is 0 Å². The summed E-state index contributed by atoms with van der Waals surface area (Å²) in [5.74, 6) is 0.842. The number of anilines is 1. The van der Waals surface area contributed by atoms with Gasteiger partial charge in [-0.25, -0.2) is 0 Å². The van der Waals surface area contributed by atoms with Crippen LogP contribution in [-0.4, -0.2) is 29.9 Å². The number of amides is 2. The Hall–Kier alpha value is -3.60. The second-order valence-electron chi connectivity index (χ2n) is 8.93. The van der Waals surface area contributed by atoms with Crippen molar-refractivity contribution in [2.45, 2.75) is 32.2 Å². The zero-order chi connectivity index (χ0) is 22.8. The summed E-state index contributed by atoms with van der Waals surface area (Å²) in [6.07, 6.45) is 2.80. The van der Waals surface area contributed by atoms with Crippen LogP contribution >= 0.6 is 0 Å². The van der Waals surface area contributed by atoms with Gasteiger partial charge in [0.25, 0.3) is 5.91 Å². The van der Waals surface area contributed by atoms with Gasteiger partial charge in [0.1, 0.15) is 5.75 Å². The van der Waals surface area contributed by atoms with Gasteiger partial charge in [-0.05, 0) is 67.1 Å². The van der Waals surface area contributed by atoms with E-state index in [-0.39, 0.29) is 30.4 Å². The maximum absolute atomic E-state index is 13.1. The summed E-state index contributed by atoms with van der Waals surface area (Å²) in [4.78, 5) is 27.5. The van der Waals surface area contributed by atoms with Crippen LogP contribution in [0.2, 0.25) is 0 Å². The lowest BCUT2D eigenvalue weighted by Gasteiger charge is -2.38. The highest BCUT2D eigenvalue weighted by molar-refractivity contribution is 5.91. The predicted molar refractivity (Wildman–Crippen MR) is 128 cm³/mol. The third-order valence-corrected chi connectivity index (χ3v) is 6.38. The van der Waals surface area contributed by atoms with Crippen LogP contribution in [0.3, 0.4) is 0 Å². The maximum Gasteiger partial charge on any atom is 0.262 e. The third kappa shape index (κ3) is 4.77. The molecule has 1 heterocycles. The number of carbonyl (C=O) groups is 2. The molecule has 2 amide bonds. The Morgan fingerprint density at radius 2 is 1.76 bits per heavy atom. The quantitative estimate of drug-likeness (QED) is 0.593. The molecule has 0 bridgehead atoms. The predicted octanol–water partition coefficient (Wildman–Crippen LogP) is 4.90. The highest BCUT2D eigenvalue weighted by Gasteiger charge is 2.39. The van der Waals surface area contributed by atoms with Crippen molar-refractivity contribution in [1.82, 2.24) is 4.90 Å². The number of nitrogens with one attached hydrogen (secondary N) is 1. The molecule has 33 heavy (non-hydrogen) atoms. The number of hydrogen-bond donors (Lipinski definition) is 1. The van der Waals surface area contributed by atoms with E-state index in [0.29, 0.717) is 5.75 Å². The molecule has 1 aliphatic carbocycles. The van der Waals surface area contributed by atoms with E-state index >= 15 is 0 Å². The molecule has 1 atom stereocenters. The van der Waals surface area contributed by atoms with E-state index in [9.17, 15) is 9.59 Å². The number of carbonyl (C=O) groups excluding carboxylic acids is 2. The van der Waals surface area contributed by atoms with Gasteiger partial charge in [-0.15, -0.1) is 0 Å². The van der Waals surface area contributed by atoms with Crippen molar-refractivity contribution >= 4 is 17.5 Å². The number of ether oxygens (including phenoxy) is 1. The molecule has 5 heteroatoms. The van der Waals surface area contributed by atoms with Crippen LogP contribution in [0.1, 0.15) is 41.1 Å². The third-order valence-electron chi connectivity index (χ3n) is 6.38. The molecule has 3 aromatic carbocycles. The Kier molecular flexibility index (Phi) is 5.86. The number of hydrogen-bond acceptors (Lipinski definition) is 3. The van der Waals surface area contributed by atoms with Crippen LogP contribution in [0.15, 0.2) is 72.8 Å². The molecule has 1 N–H and O–H groups in total. The summed E-state index contributed by atoms with van der Waals surface area (Å²) in [5.41, 5.74) is 5.35. The molecule has 0 radical (unpaired) electrons. The molecule has 168 valence electrons. The molecule has 0 saturated heterocycles. The Morgan fingerprint density at radius 1 is 1.00 bits per heavy atom. The summed E-state index contributed by atoms with van der Waals surface area (Å²) in [6.45, 7) is 2.71. The fourth-order valence-corrected chi connectivity index (χ4v) is 4.46. The first kappa shape index (κ1) is 21.3. The van der Waals surface area contributed by atoms with E-state index in [2.05, 4.69) is 42.6 Å². The normalized spacial score (nSPS) is 17.2. The minimum absolute atomic E-state index is 0.0758. The summed E-state index contributed by atoms with van der Waals surface area (Å²) in [5, 5.41) is 2.84. The molecule has 0 aromatic heterocycles. The fourth-order valence-electron chi connectivity index (χ4n) is 4.46. The average molecular weight is 441 g/mol. The van der Waals surface area contributed by atoms with Crippen LogP contribution in [0.5, 0.6) is 5.75 Å². The van der Waals surface area contributed by atoms with Crippen LogP contribution in [0.25, 0.3) is 0 Å². The molecule has 1 unspecified atom stereocenters. The zero-order valence-corrected chi connectivity index (χ0v) is 18.8. The highest BCUT2D eigenvalue weighted by atomic mass is 16.5. The standard InChI is InChI=1S/C28H28N2O3/c1-19-7-9-21(10-8-19)27-25-17-24(33-18-26(31)29-23-5-3-2-4-6-23)14-13-20(25)15-16-30(27)28(32)22-11-12-22/h2-10,13-14,17,22,27H,11-12,15-16,18H2,1H3,(H,29,31). The van der Waals surface area contributed by atoms with Crippen molar-refractivity contribution in [1.29, 1.82) is 0 Å². The van der Waals surface area contributed by atoms with Crippen LogP contribution in [0, 0.1) is 12.8 Å². The monoisotopic (exact) mass is 440 g/mol.